The number of carbonyl (C=O) groups is 2. The second-order valence-corrected chi connectivity index (χ2v) is 5.99. The first-order valence-electron chi connectivity index (χ1n) is 8.62. The molecule has 0 aromatic carbocycles. The summed E-state index contributed by atoms with van der Waals surface area (Å²) in [6, 6.07) is 0. The summed E-state index contributed by atoms with van der Waals surface area (Å²) in [6.45, 7) is 7.13. The Morgan fingerprint density at radius 2 is 1.55 bits per heavy atom. The van der Waals surface area contributed by atoms with Crippen molar-refractivity contribution in [1.82, 2.24) is 0 Å². The van der Waals surface area contributed by atoms with Crippen molar-refractivity contribution >= 4 is 11.9 Å². The molecule has 0 heterocycles. The van der Waals surface area contributed by atoms with Gasteiger partial charge in [0.25, 0.3) is 0 Å². The number of unbranched alkanes of at least 4 members (excludes halogenated alkanes) is 1. The van der Waals surface area contributed by atoms with Gasteiger partial charge in [-0.05, 0) is 25.2 Å². The van der Waals surface area contributed by atoms with E-state index in [1.807, 2.05) is 12.2 Å². The Balaban J connectivity index is 2.55. The monoisotopic (exact) mass is 310 g/mol. The molecule has 2 atom stereocenters. The lowest BCUT2D eigenvalue weighted by Gasteiger charge is -2.26. The average molecular weight is 310 g/mol. The highest BCUT2D eigenvalue weighted by atomic mass is 16.5. The Bertz CT molecular complexity index is 371. The second-order valence-electron chi connectivity index (χ2n) is 5.99. The minimum absolute atomic E-state index is 0.256. The maximum absolute atomic E-state index is 12.3. The van der Waals surface area contributed by atoms with E-state index in [9.17, 15) is 9.59 Å². The summed E-state index contributed by atoms with van der Waals surface area (Å²) in [5.41, 5.74) is 0. The highest BCUT2D eigenvalue weighted by Crippen LogP contribution is 2.28. The van der Waals surface area contributed by atoms with Crippen LogP contribution in [0.15, 0.2) is 12.2 Å². The first-order chi connectivity index (χ1) is 10.6. The van der Waals surface area contributed by atoms with Crippen molar-refractivity contribution in [3.63, 3.8) is 0 Å². The van der Waals surface area contributed by atoms with E-state index in [1.54, 1.807) is 0 Å². The molecular formula is C18H30O4. The molecular weight excluding hydrogens is 280 g/mol. The predicted molar refractivity (Wildman–Crippen MR) is 86.3 cm³/mol. The van der Waals surface area contributed by atoms with Crippen LogP contribution in [-0.2, 0) is 19.1 Å². The third-order valence-corrected chi connectivity index (χ3v) is 4.40. The van der Waals surface area contributed by atoms with Crippen LogP contribution in [0.4, 0.5) is 0 Å². The maximum atomic E-state index is 12.3. The van der Waals surface area contributed by atoms with Gasteiger partial charge >= 0.3 is 11.9 Å². The van der Waals surface area contributed by atoms with Crippen molar-refractivity contribution in [2.45, 2.75) is 59.3 Å². The fraction of sp³-hybridized carbons (Fsp3) is 0.778. The summed E-state index contributed by atoms with van der Waals surface area (Å²) in [5.74, 6) is -0.904. The third kappa shape index (κ3) is 5.82. The van der Waals surface area contributed by atoms with Crippen molar-refractivity contribution in [2.75, 3.05) is 13.2 Å². The molecule has 0 spiro atoms. The number of hydrogen-bond acceptors (Lipinski definition) is 4. The second kappa shape index (κ2) is 10.4. The molecule has 0 fully saturated rings. The van der Waals surface area contributed by atoms with Crippen molar-refractivity contribution in [3.8, 4) is 0 Å². The van der Waals surface area contributed by atoms with Gasteiger partial charge in [-0.3, -0.25) is 9.59 Å². The lowest BCUT2D eigenvalue weighted by molar-refractivity contribution is -0.161. The molecule has 1 aliphatic rings. The molecule has 0 aliphatic heterocycles. The normalized spacial score (nSPS) is 20.9. The fourth-order valence-electron chi connectivity index (χ4n) is 2.59. The van der Waals surface area contributed by atoms with Gasteiger partial charge in [-0.1, -0.05) is 52.2 Å². The lowest BCUT2D eigenvalue weighted by atomic mass is 9.83. The topological polar surface area (TPSA) is 52.6 Å². The number of hydrogen-bond donors (Lipinski definition) is 0. The van der Waals surface area contributed by atoms with Crippen LogP contribution in [0.1, 0.15) is 59.3 Å². The zero-order valence-corrected chi connectivity index (χ0v) is 14.2. The number of esters is 2. The van der Waals surface area contributed by atoms with Gasteiger partial charge in [0.05, 0.1) is 25.0 Å². The van der Waals surface area contributed by atoms with Crippen molar-refractivity contribution in [1.29, 1.82) is 0 Å². The molecule has 0 aromatic rings. The third-order valence-electron chi connectivity index (χ3n) is 4.40. The molecule has 0 radical (unpaired) electrons. The Kier molecular flexibility index (Phi) is 8.86. The number of rotatable bonds is 9. The summed E-state index contributed by atoms with van der Waals surface area (Å²) in [7, 11) is 0. The summed E-state index contributed by atoms with van der Waals surface area (Å²) in [5, 5.41) is 0. The first-order valence-corrected chi connectivity index (χ1v) is 8.62. The lowest BCUT2D eigenvalue weighted by Crippen LogP contribution is -2.34. The van der Waals surface area contributed by atoms with Crippen LogP contribution in [0.2, 0.25) is 0 Å². The summed E-state index contributed by atoms with van der Waals surface area (Å²) in [4.78, 5) is 24.5. The molecule has 1 aliphatic carbocycles. The molecule has 0 aromatic heterocycles. The molecule has 4 nitrogen and oxygen atoms in total. The number of ether oxygens (including phenoxy) is 2. The number of allylic oxidation sites excluding steroid dienone is 2. The first kappa shape index (κ1) is 18.7. The van der Waals surface area contributed by atoms with Gasteiger partial charge in [-0.2, -0.15) is 0 Å². The van der Waals surface area contributed by atoms with Crippen LogP contribution in [0.5, 0.6) is 0 Å². The zero-order chi connectivity index (χ0) is 16.4. The largest absolute Gasteiger partial charge is 0.465 e. The molecule has 0 saturated carbocycles. The van der Waals surface area contributed by atoms with Gasteiger partial charge < -0.3 is 9.47 Å². The fourth-order valence-corrected chi connectivity index (χ4v) is 2.59. The summed E-state index contributed by atoms with van der Waals surface area (Å²) < 4.78 is 10.7. The Morgan fingerprint density at radius 3 is 2.05 bits per heavy atom. The van der Waals surface area contributed by atoms with Crippen molar-refractivity contribution in [2.24, 2.45) is 17.8 Å². The smallest absolute Gasteiger partial charge is 0.310 e. The van der Waals surface area contributed by atoms with Gasteiger partial charge in [0.1, 0.15) is 0 Å². The minimum Gasteiger partial charge on any atom is -0.465 e. The van der Waals surface area contributed by atoms with Crippen molar-refractivity contribution in [3.05, 3.63) is 12.2 Å². The highest BCUT2D eigenvalue weighted by molar-refractivity contribution is 5.82. The van der Waals surface area contributed by atoms with Gasteiger partial charge in [-0.15, -0.1) is 0 Å². The molecule has 126 valence electrons. The Hall–Kier alpha value is -1.32. The van der Waals surface area contributed by atoms with Crippen LogP contribution in [-0.4, -0.2) is 25.2 Å². The van der Waals surface area contributed by atoms with E-state index in [-0.39, 0.29) is 11.9 Å². The Labute approximate surface area is 134 Å². The van der Waals surface area contributed by atoms with E-state index in [4.69, 9.17) is 9.47 Å². The van der Waals surface area contributed by atoms with E-state index in [2.05, 4.69) is 20.8 Å². The van der Waals surface area contributed by atoms with Crippen LogP contribution in [0.3, 0.4) is 0 Å². The molecule has 4 heteroatoms. The van der Waals surface area contributed by atoms with Crippen LogP contribution in [0, 0.1) is 17.8 Å². The highest BCUT2D eigenvalue weighted by Gasteiger charge is 2.36. The molecule has 0 N–H and O–H groups in total. The van der Waals surface area contributed by atoms with Gasteiger partial charge in [0.2, 0.25) is 0 Å². The van der Waals surface area contributed by atoms with Crippen LogP contribution < -0.4 is 0 Å². The zero-order valence-electron chi connectivity index (χ0n) is 14.2. The van der Waals surface area contributed by atoms with Gasteiger partial charge in [0.15, 0.2) is 0 Å². The average Bonchev–Trinajstić information content (AvgIpc) is 2.55. The summed E-state index contributed by atoms with van der Waals surface area (Å²) >= 11 is 0. The van der Waals surface area contributed by atoms with E-state index in [1.165, 1.54) is 0 Å². The minimum atomic E-state index is -0.395. The molecule has 1 rings (SSSR count). The van der Waals surface area contributed by atoms with Gasteiger partial charge in [-0.25, -0.2) is 0 Å². The van der Waals surface area contributed by atoms with Gasteiger partial charge in [0, 0.05) is 0 Å². The predicted octanol–water partition coefficient (Wildman–Crippen LogP) is 3.89. The molecule has 0 saturated heterocycles. The SMILES string of the molecule is CCCCOC(=O)C1CC=CCC1C(=O)OCC(CC)CC. The van der Waals surface area contributed by atoms with E-state index >= 15 is 0 Å². The van der Waals surface area contributed by atoms with Crippen LogP contribution in [0.25, 0.3) is 0 Å². The van der Waals surface area contributed by atoms with E-state index < -0.39 is 11.8 Å². The summed E-state index contributed by atoms with van der Waals surface area (Å²) in [6.07, 6.45) is 8.88. The number of carbonyl (C=O) groups excluding carboxylic acids is 2. The maximum Gasteiger partial charge on any atom is 0.310 e. The molecule has 0 bridgehead atoms. The quantitative estimate of drug-likeness (QED) is 0.368. The van der Waals surface area contributed by atoms with E-state index in [0.29, 0.717) is 32.0 Å². The van der Waals surface area contributed by atoms with Crippen LogP contribution >= 0.6 is 0 Å². The van der Waals surface area contributed by atoms with Crippen molar-refractivity contribution < 1.29 is 19.1 Å². The molecule has 0 amide bonds. The standard InChI is InChI=1S/C18H30O4/c1-4-7-12-21-17(19)15-10-8-9-11-16(15)18(20)22-13-14(5-2)6-3/h8-9,14-16H,4-7,10-13H2,1-3H3. The Morgan fingerprint density at radius 1 is 1.00 bits per heavy atom. The molecule has 22 heavy (non-hydrogen) atoms. The van der Waals surface area contributed by atoms with E-state index in [0.717, 1.165) is 25.7 Å². The molecule has 2 unspecified atom stereocenters.